The number of aryl methyl sites for hydroxylation is 2. The van der Waals surface area contributed by atoms with Crippen LogP contribution in [-0.2, 0) is 11.2 Å². The summed E-state index contributed by atoms with van der Waals surface area (Å²) in [6, 6.07) is 6.32. The zero-order valence-corrected chi connectivity index (χ0v) is 13.2. The molecular weight excluding hydrogens is 234 g/mol. The van der Waals surface area contributed by atoms with Gasteiger partial charge in [0.1, 0.15) is 0 Å². The van der Waals surface area contributed by atoms with Crippen molar-refractivity contribution in [3.05, 3.63) is 34.9 Å². The smallest absolute Gasteiger partial charge is 0.157 e. The third kappa shape index (κ3) is 3.24. The van der Waals surface area contributed by atoms with E-state index in [1.165, 1.54) is 11.1 Å². The minimum atomic E-state index is -0.321. The standard InChI is InChI=1S/C17H27NO/c1-7-17(8-2,18(5)6)16(19)12-15-10-9-13(3)14(4)11-15/h9-11H,7-8,12H2,1-6H3. The van der Waals surface area contributed by atoms with Crippen LogP contribution in [0.4, 0.5) is 0 Å². The van der Waals surface area contributed by atoms with Gasteiger partial charge in [0, 0.05) is 6.42 Å². The Kier molecular flexibility index (Phi) is 5.30. The molecule has 0 aliphatic heterocycles. The highest BCUT2D eigenvalue weighted by atomic mass is 16.1. The van der Waals surface area contributed by atoms with Crippen molar-refractivity contribution in [2.75, 3.05) is 14.1 Å². The van der Waals surface area contributed by atoms with Crippen LogP contribution in [0, 0.1) is 13.8 Å². The normalized spacial score (nSPS) is 11.9. The first kappa shape index (κ1) is 15.9. The first-order chi connectivity index (χ1) is 8.87. The summed E-state index contributed by atoms with van der Waals surface area (Å²) in [5.74, 6) is 0.325. The van der Waals surface area contributed by atoms with Crippen molar-refractivity contribution in [2.24, 2.45) is 0 Å². The van der Waals surface area contributed by atoms with Crippen molar-refractivity contribution in [2.45, 2.75) is 52.5 Å². The highest BCUT2D eigenvalue weighted by Gasteiger charge is 2.36. The number of benzene rings is 1. The summed E-state index contributed by atoms with van der Waals surface area (Å²) in [5, 5.41) is 0. The summed E-state index contributed by atoms with van der Waals surface area (Å²) < 4.78 is 0. The minimum absolute atomic E-state index is 0.321. The second-order valence-electron chi connectivity index (χ2n) is 5.65. The molecule has 0 N–H and O–H groups in total. The van der Waals surface area contributed by atoms with Crippen LogP contribution in [-0.4, -0.2) is 30.3 Å². The Morgan fingerprint density at radius 3 is 2.11 bits per heavy atom. The molecule has 0 spiro atoms. The number of carbonyl (C=O) groups is 1. The van der Waals surface area contributed by atoms with Crippen molar-refractivity contribution >= 4 is 5.78 Å². The predicted molar refractivity (Wildman–Crippen MR) is 81.6 cm³/mol. The van der Waals surface area contributed by atoms with Gasteiger partial charge in [-0.2, -0.15) is 0 Å². The molecule has 2 heteroatoms. The monoisotopic (exact) mass is 261 g/mol. The Hall–Kier alpha value is -1.15. The quantitative estimate of drug-likeness (QED) is 0.780. The Morgan fingerprint density at radius 1 is 1.11 bits per heavy atom. The Bertz CT molecular complexity index is 445. The van der Waals surface area contributed by atoms with E-state index in [-0.39, 0.29) is 5.54 Å². The van der Waals surface area contributed by atoms with E-state index in [0.717, 1.165) is 18.4 Å². The molecule has 0 unspecified atom stereocenters. The van der Waals surface area contributed by atoms with Crippen molar-refractivity contribution in [3.63, 3.8) is 0 Å². The molecule has 0 saturated carbocycles. The average molecular weight is 261 g/mol. The lowest BCUT2D eigenvalue weighted by Crippen LogP contribution is -2.50. The maximum Gasteiger partial charge on any atom is 0.157 e. The van der Waals surface area contributed by atoms with Crippen LogP contribution in [0.15, 0.2) is 18.2 Å². The van der Waals surface area contributed by atoms with E-state index in [1.807, 2.05) is 14.1 Å². The Morgan fingerprint density at radius 2 is 1.68 bits per heavy atom. The summed E-state index contributed by atoms with van der Waals surface area (Å²) in [4.78, 5) is 14.8. The molecule has 0 aliphatic carbocycles. The van der Waals surface area contributed by atoms with Crippen LogP contribution in [0.1, 0.15) is 43.4 Å². The van der Waals surface area contributed by atoms with E-state index in [4.69, 9.17) is 0 Å². The van der Waals surface area contributed by atoms with Gasteiger partial charge < -0.3 is 0 Å². The van der Waals surface area contributed by atoms with E-state index in [1.54, 1.807) is 0 Å². The third-order valence-corrected chi connectivity index (χ3v) is 4.48. The SMILES string of the molecule is CCC(CC)(C(=O)Cc1ccc(C)c(C)c1)N(C)C. The van der Waals surface area contributed by atoms with Gasteiger partial charge in [0.15, 0.2) is 5.78 Å². The summed E-state index contributed by atoms with van der Waals surface area (Å²) in [6.45, 7) is 8.40. The lowest BCUT2D eigenvalue weighted by Gasteiger charge is -2.37. The number of likely N-dealkylation sites (N-methyl/N-ethyl adjacent to an activating group) is 1. The molecule has 0 atom stereocenters. The molecule has 0 bridgehead atoms. The van der Waals surface area contributed by atoms with E-state index >= 15 is 0 Å². The van der Waals surface area contributed by atoms with Crippen LogP contribution in [0.3, 0.4) is 0 Å². The number of hydrogen-bond acceptors (Lipinski definition) is 2. The average Bonchev–Trinajstić information content (AvgIpc) is 2.35. The number of nitrogens with zero attached hydrogens (tertiary/aromatic N) is 1. The second-order valence-corrected chi connectivity index (χ2v) is 5.65. The number of rotatable bonds is 6. The van der Waals surface area contributed by atoms with Gasteiger partial charge in [-0.1, -0.05) is 32.0 Å². The van der Waals surface area contributed by atoms with E-state index in [0.29, 0.717) is 12.2 Å². The molecule has 1 rings (SSSR count). The number of hydrogen-bond donors (Lipinski definition) is 0. The summed E-state index contributed by atoms with van der Waals surface area (Å²) in [5.41, 5.74) is 3.34. The number of Topliss-reactive ketones (excluding diaryl/α,β-unsaturated/α-hetero) is 1. The summed E-state index contributed by atoms with van der Waals surface area (Å²) in [6.07, 6.45) is 2.25. The highest BCUT2D eigenvalue weighted by molar-refractivity contribution is 5.90. The van der Waals surface area contributed by atoms with Crippen molar-refractivity contribution in [3.8, 4) is 0 Å². The largest absolute Gasteiger partial charge is 0.297 e. The fourth-order valence-corrected chi connectivity index (χ4v) is 2.79. The first-order valence-corrected chi connectivity index (χ1v) is 7.14. The number of carbonyl (C=O) groups excluding carboxylic acids is 1. The second kappa shape index (κ2) is 6.33. The minimum Gasteiger partial charge on any atom is -0.297 e. The van der Waals surface area contributed by atoms with Gasteiger partial charge in [0.25, 0.3) is 0 Å². The molecule has 0 radical (unpaired) electrons. The zero-order valence-electron chi connectivity index (χ0n) is 13.2. The van der Waals surface area contributed by atoms with Crippen LogP contribution in [0.5, 0.6) is 0 Å². The number of ketones is 1. The maximum absolute atomic E-state index is 12.7. The lowest BCUT2D eigenvalue weighted by molar-refractivity contribution is -0.129. The van der Waals surface area contributed by atoms with Crippen LogP contribution in [0.25, 0.3) is 0 Å². The molecule has 0 amide bonds. The van der Waals surface area contributed by atoms with Crippen molar-refractivity contribution < 1.29 is 4.79 Å². The van der Waals surface area contributed by atoms with E-state index < -0.39 is 0 Å². The molecule has 0 saturated heterocycles. The summed E-state index contributed by atoms with van der Waals surface area (Å²) in [7, 11) is 4.01. The van der Waals surface area contributed by atoms with Crippen LogP contribution >= 0.6 is 0 Å². The molecule has 0 aromatic heterocycles. The molecule has 0 fully saturated rings. The molecular formula is C17H27NO. The predicted octanol–water partition coefficient (Wildman–Crippen LogP) is 3.54. The molecule has 2 nitrogen and oxygen atoms in total. The Labute approximate surface area is 117 Å². The molecule has 0 heterocycles. The van der Waals surface area contributed by atoms with Gasteiger partial charge in [0.2, 0.25) is 0 Å². The molecule has 1 aromatic rings. The highest BCUT2D eigenvalue weighted by Crippen LogP contribution is 2.25. The van der Waals surface area contributed by atoms with Gasteiger partial charge in [-0.05, 0) is 57.5 Å². The molecule has 1 aromatic carbocycles. The van der Waals surface area contributed by atoms with Gasteiger partial charge in [0.05, 0.1) is 5.54 Å². The van der Waals surface area contributed by atoms with Crippen molar-refractivity contribution in [1.29, 1.82) is 0 Å². The van der Waals surface area contributed by atoms with Crippen molar-refractivity contribution in [1.82, 2.24) is 4.90 Å². The molecule has 106 valence electrons. The molecule has 0 aliphatic rings. The zero-order chi connectivity index (χ0) is 14.6. The third-order valence-electron chi connectivity index (χ3n) is 4.48. The van der Waals surface area contributed by atoms with Gasteiger partial charge in [-0.25, -0.2) is 0 Å². The summed E-state index contributed by atoms with van der Waals surface area (Å²) >= 11 is 0. The topological polar surface area (TPSA) is 20.3 Å². The lowest BCUT2D eigenvalue weighted by atomic mass is 9.83. The van der Waals surface area contributed by atoms with Gasteiger partial charge in [-0.15, -0.1) is 0 Å². The van der Waals surface area contributed by atoms with Crippen LogP contribution < -0.4 is 0 Å². The van der Waals surface area contributed by atoms with E-state index in [9.17, 15) is 4.79 Å². The van der Waals surface area contributed by atoms with E-state index in [2.05, 4.69) is 50.8 Å². The fourth-order valence-electron chi connectivity index (χ4n) is 2.79. The Balaban J connectivity index is 2.97. The van der Waals surface area contributed by atoms with Gasteiger partial charge >= 0.3 is 0 Å². The van der Waals surface area contributed by atoms with Crippen LogP contribution in [0.2, 0.25) is 0 Å². The molecule has 19 heavy (non-hydrogen) atoms. The fraction of sp³-hybridized carbons (Fsp3) is 0.588. The first-order valence-electron chi connectivity index (χ1n) is 7.14. The maximum atomic E-state index is 12.7. The van der Waals surface area contributed by atoms with Gasteiger partial charge in [-0.3, -0.25) is 9.69 Å².